The van der Waals surface area contributed by atoms with Gasteiger partial charge in [0.25, 0.3) is 5.91 Å². The molecular formula is C22H17ClF7N3O3. The molecular weight excluding hydrogens is 523 g/mol. The molecule has 2 heterocycles. The van der Waals surface area contributed by atoms with Gasteiger partial charge >= 0.3 is 6.18 Å². The lowest BCUT2D eigenvalue weighted by molar-refractivity contribution is -0.141. The molecule has 1 amide bonds. The van der Waals surface area contributed by atoms with E-state index in [0.29, 0.717) is 5.69 Å². The summed E-state index contributed by atoms with van der Waals surface area (Å²) in [7, 11) is 0. The van der Waals surface area contributed by atoms with Crippen LogP contribution in [-0.4, -0.2) is 22.2 Å². The standard InChI is InChI=1S/C22H17ClF7N3O3/c23-15-18(10-2-3-10)33(32-20(15)22(28,29)30)7-1-6-31-21(34)14-5-4-11(36-14)9-35-19-16(26)12(24)8-13(25)17(19)27/h4-5,8,10H,1-3,6-7,9H2,(H,31,34). The van der Waals surface area contributed by atoms with Gasteiger partial charge in [-0.2, -0.15) is 27.1 Å². The number of carbonyl (C=O) groups is 1. The highest BCUT2D eigenvalue weighted by Gasteiger charge is 2.41. The fraction of sp³-hybridized carbons (Fsp3) is 0.364. The fourth-order valence-corrected chi connectivity index (χ4v) is 3.86. The molecule has 0 radical (unpaired) electrons. The molecule has 1 N–H and O–H groups in total. The van der Waals surface area contributed by atoms with Crippen LogP contribution in [0, 0.1) is 23.3 Å². The largest absolute Gasteiger partial charge is 0.479 e. The Kier molecular flexibility index (Phi) is 7.21. The Morgan fingerprint density at radius 3 is 2.44 bits per heavy atom. The quantitative estimate of drug-likeness (QED) is 0.206. The summed E-state index contributed by atoms with van der Waals surface area (Å²) < 4.78 is 104. The van der Waals surface area contributed by atoms with E-state index in [-0.39, 0.29) is 43.0 Å². The van der Waals surface area contributed by atoms with Crippen molar-refractivity contribution >= 4 is 17.5 Å². The molecule has 1 saturated carbocycles. The number of halogens is 8. The van der Waals surface area contributed by atoms with Gasteiger partial charge in [-0.25, -0.2) is 8.78 Å². The first-order valence-electron chi connectivity index (χ1n) is 10.6. The minimum absolute atomic E-state index is 0.0375. The van der Waals surface area contributed by atoms with Crippen molar-refractivity contribution in [2.75, 3.05) is 6.54 Å². The van der Waals surface area contributed by atoms with Crippen molar-refractivity contribution in [3.8, 4) is 5.75 Å². The first-order chi connectivity index (χ1) is 17.0. The van der Waals surface area contributed by atoms with E-state index in [1.54, 1.807) is 0 Å². The second-order valence-corrected chi connectivity index (χ2v) is 8.38. The monoisotopic (exact) mass is 539 g/mol. The maximum atomic E-state index is 13.7. The number of hydrogen-bond acceptors (Lipinski definition) is 4. The summed E-state index contributed by atoms with van der Waals surface area (Å²) in [6.07, 6.45) is -3.00. The lowest BCUT2D eigenvalue weighted by atomic mass is 10.2. The molecule has 36 heavy (non-hydrogen) atoms. The number of rotatable bonds is 9. The van der Waals surface area contributed by atoms with Crippen molar-refractivity contribution in [3.05, 3.63) is 69.4 Å². The summed E-state index contributed by atoms with van der Waals surface area (Å²) in [4.78, 5) is 12.3. The number of aromatic nitrogens is 2. The molecule has 0 spiro atoms. The zero-order valence-corrected chi connectivity index (χ0v) is 19.0. The molecule has 4 rings (SSSR count). The first kappa shape index (κ1) is 25.9. The Morgan fingerprint density at radius 1 is 1.17 bits per heavy atom. The third kappa shape index (κ3) is 5.45. The minimum atomic E-state index is -4.68. The number of hydrogen-bond donors (Lipinski definition) is 1. The van der Waals surface area contributed by atoms with Crippen molar-refractivity contribution in [2.24, 2.45) is 0 Å². The van der Waals surface area contributed by atoms with Gasteiger partial charge in [0.1, 0.15) is 12.4 Å². The second kappa shape index (κ2) is 10.0. The van der Waals surface area contributed by atoms with Crippen LogP contribution in [0.25, 0.3) is 0 Å². The zero-order chi connectivity index (χ0) is 26.2. The Balaban J connectivity index is 1.31. The van der Waals surface area contributed by atoms with Gasteiger partial charge in [-0.1, -0.05) is 11.6 Å². The number of aryl methyl sites for hydroxylation is 1. The fourth-order valence-electron chi connectivity index (χ4n) is 3.47. The van der Waals surface area contributed by atoms with Crippen LogP contribution in [0.5, 0.6) is 5.75 Å². The van der Waals surface area contributed by atoms with Crippen LogP contribution in [0.1, 0.15) is 52.9 Å². The minimum Gasteiger partial charge on any atom is -0.479 e. The summed E-state index contributed by atoms with van der Waals surface area (Å²) in [5, 5.41) is 5.72. The average molecular weight is 540 g/mol. The Hall–Kier alpha value is -3.22. The molecule has 0 saturated heterocycles. The van der Waals surface area contributed by atoms with Gasteiger partial charge in [0.2, 0.25) is 11.6 Å². The van der Waals surface area contributed by atoms with Crippen molar-refractivity contribution in [1.29, 1.82) is 0 Å². The van der Waals surface area contributed by atoms with E-state index in [9.17, 15) is 35.5 Å². The van der Waals surface area contributed by atoms with E-state index in [0.717, 1.165) is 12.8 Å². The molecule has 1 aliphatic rings. The van der Waals surface area contributed by atoms with Crippen LogP contribution in [0.2, 0.25) is 5.02 Å². The topological polar surface area (TPSA) is 69.3 Å². The molecule has 0 bridgehead atoms. The highest BCUT2D eigenvalue weighted by molar-refractivity contribution is 6.32. The lowest BCUT2D eigenvalue weighted by Gasteiger charge is -2.08. The second-order valence-electron chi connectivity index (χ2n) is 8.00. The predicted octanol–water partition coefficient (Wildman–Crippen LogP) is 5.98. The molecule has 194 valence electrons. The number of alkyl halides is 3. The van der Waals surface area contributed by atoms with E-state index in [1.165, 1.54) is 16.8 Å². The molecule has 3 aromatic rings. The number of amides is 1. The van der Waals surface area contributed by atoms with Gasteiger partial charge in [-0.15, -0.1) is 0 Å². The summed E-state index contributed by atoms with van der Waals surface area (Å²) in [6.45, 7) is -0.483. The van der Waals surface area contributed by atoms with Gasteiger partial charge in [0.05, 0.1) is 10.7 Å². The normalized spacial score (nSPS) is 13.8. The first-order valence-corrected chi connectivity index (χ1v) is 11.0. The zero-order valence-electron chi connectivity index (χ0n) is 18.2. The average Bonchev–Trinajstić information content (AvgIpc) is 3.42. The van der Waals surface area contributed by atoms with Crippen LogP contribution in [0.3, 0.4) is 0 Å². The number of furan rings is 1. The van der Waals surface area contributed by atoms with Gasteiger partial charge in [0, 0.05) is 25.1 Å². The van der Waals surface area contributed by atoms with E-state index in [4.69, 9.17) is 20.8 Å². The Labute approximate surface area is 204 Å². The SMILES string of the molecule is O=C(NCCCn1nc(C(F)(F)F)c(Cl)c1C1CC1)c1ccc(COc2c(F)c(F)cc(F)c2F)o1. The van der Waals surface area contributed by atoms with Crippen LogP contribution >= 0.6 is 11.6 Å². The highest BCUT2D eigenvalue weighted by atomic mass is 35.5. The van der Waals surface area contributed by atoms with E-state index in [2.05, 4.69) is 10.4 Å². The Morgan fingerprint density at radius 2 is 1.83 bits per heavy atom. The van der Waals surface area contributed by atoms with Crippen molar-refractivity contribution in [1.82, 2.24) is 15.1 Å². The number of nitrogens with one attached hydrogen (secondary N) is 1. The molecule has 1 aliphatic carbocycles. The van der Waals surface area contributed by atoms with Crippen LogP contribution in [-0.2, 0) is 19.3 Å². The molecule has 6 nitrogen and oxygen atoms in total. The number of benzene rings is 1. The van der Waals surface area contributed by atoms with Gasteiger partial charge in [0.15, 0.2) is 28.8 Å². The predicted molar refractivity (Wildman–Crippen MR) is 110 cm³/mol. The van der Waals surface area contributed by atoms with Crippen LogP contribution in [0.15, 0.2) is 22.6 Å². The molecule has 0 unspecified atom stereocenters. The van der Waals surface area contributed by atoms with Gasteiger partial charge in [-0.05, 0) is 31.4 Å². The van der Waals surface area contributed by atoms with E-state index < -0.39 is 58.4 Å². The van der Waals surface area contributed by atoms with Crippen molar-refractivity contribution in [2.45, 2.75) is 44.5 Å². The maximum absolute atomic E-state index is 13.7. The summed E-state index contributed by atoms with van der Waals surface area (Å²) in [5.41, 5.74) is -0.807. The van der Waals surface area contributed by atoms with Gasteiger partial charge in [-0.3, -0.25) is 9.48 Å². The summed E-state index contributed by atoms with van der Waals surface area (Å²) in [5.74, 6) is -9.00. The van der Waals surface area contributed by atoms with E-state index in [1.807, 2.05) is 0 Å². The summed E-state index contributed by atoms with van der Waals surface area (Å²) in [6, 6.07) is 2.53. The van der Waals surface area contributed by atoms with Crippen molar-refractivity contribution in [3.63, 3.8) is 0 Å². The molecule has 14 heteroatoms. The molecule has 0 atom stereocenters. The molecule has 0 aliphatic heterocycles. The van der Waals surface area contributed by atoms with Crippen molar-refractivity contribution < 1.29 is 44.7 Å². The highest BCUT2D eigenvalue weighted by Crippen LogP contribution is 2.46. The smallest absolute Gasteiger partial charge is 0.436 e. The number of carbonyl (C=O) groups excluding carboxylic acids is 1. The Bertz CT molecular complexity index is 1260. The molecule has 2 aromatic heterocycles. The van der Waals surface area contributed by atoms with Crippen LogP contribution in [0.4, 0.5) is 30.7 Å². The third-order valence-corrected chi connectivity index (χ3v) is 5.68. The third-order valence-electron chi connectivity index (χ3n) is 5.31. The van der Waals surface area contributed by atoms with E-state index >= 15 is 0 Å². The molecule has 1 fully saturated rings. The van der Waals surface area contributed by atoms with Crippen LogP contribution < -0.4 is 10.1 Å². The molecule has 1 aromatic carbocycles. The number of nitrogens with zero attached hydrogens (tertiary/aromatic N) is 2. The maximum Gasteiger partial charge on any atom is 0.436 e. The van der Waals surface area contributed by atoms with Gasteiger partial charge < -0.3 is 14.5 Å². The lowest BCUT2D eigenvalue weighted by Crippen LogP contribution is -2.25. The number of ether oxygens (including phenoxy) is 1. The summed E-state index contributed by atoms with van der Waals surface area (Å²) >= 11 is 5.92.